The Morgan fingerprint density at radius 2 is 1.91 bits per heavy atom. The molecule has 23 heavy (non-hydrogen) atoms. The minimum Gasteiger partial charge on any atom is -0.340 e. The highest BCUT2D eigenvalue weighted by atomic mass is 19.1. The van der Waals surface area contributed by atoms with Gasteiger partial charge in [-0.2, -0.15) is 0 Å². The predicted octanol–water partition coefficient (Wildman–Crippen LogP) is 3.62. The molecule has 1 heterocycles. The Kier molecular flexibility index (Phi) is 6.02. The Hall–Kier alpha value is -2.50. The zero-order valence-electron chi connectivity index (χ0n) is 13.4. The molecule has 2 aromatic rings. The zero-order chi connectivity index (χ0) is 16.7. The molecule has 6 heteroatoms. The third-order valence-corrected chi connectivity index (χ3v) is 3.26. The van der Waals surface area contributed by atoms with Crippen molar-refractivity contribution < 1.29 is 9.18 Å². The number of benzene rings is 1. The van der Waals surface area contributed by atoms with Gasteiger partial charge in [-0.1, -0.05) is 19.9 Å². The van der Waals surface area contributed by atoms with Crippen LogP contribution in [0, 0.1) is 5.82 Å². The lowest BCUT2D eigenvalue weighted by molar-refractivity contribution is 0.0749. The summed E-state index contributed by atoms with van der Waals surface area (Å²) in [5, 5.41) is 2.98. The van der Waals surface area contributed by atoms with E-state index in [1.165, 1.54) is 18.5 Å². The molecule has 0 saturated heterocycles. The molecule has 0 saturated carbocycles. The number of amides is 1. The van der Waals surface area contributed by atoms with Crippen molar-refractivity contribution in [2.24, 2.45) is 0 Å². The first-order chi connectivity index (χ1) is 11.1. The van der Waals surface area contributed by atoms with Gasteiger partial charge in [0.15, 0.2) is 0 Å². The van der Waals surface area contributed by atoms with Crippen molar-refractivity contribution in [3.05, 3.63) is 48.2 Å². The van der Waals surface area contributed by atoms with Crippen LogP contribution in [0.4, 0.5) is 15.9 Å². The highest BCUT2D eigenvalue weighted by Crippen LogP contribution is 2.16. The van der Waals surface area contributed by atoms with Gasteiger partial charge in [0.05, 0.1) is 0 Å². The molecule has 5 nitrogen and oxygen atoms in total. The monoisotopic (exact) mass is 316 g/mol. The smallest absolute Gasteiger partial charge is 0.272 e. The van der Waals surface area contributed by atoms with Crippen molar-refractivity contribution in [3.8, 4) is 0 Å². The van der Waals surface area contributed by atoms with E-state index >= 15 is 0 Å². The minimum atomic E-state index is -0.336. The Balaban J connectivity index is 2.16. The number of rotatable bonds is 7. The molecular formula is C17H21FN4O. The van der Waals surface area contributed by atoms with Gasteiger partial charge in [-0.15, -0.1) is 0 Å². The van der Waals surface area contributed by atoms with Gasteiger partial charge in [0.2, 0.25) is 0 Å². The molecule has 0 bridgehead atoms. The van der Waals surface area contributed by atoms with Gasteiger partial charge < -0.3 is 10.2 Å². The maximum Gasteiger partial charge on any atom is 0.272 e. The fraction of sp³-hybridized carbons (Fsp3) is 0.353. The minimum absolute atomic E-state index is 0.113. The van der Waals surface area contributed by atoms with Gasteiger partial charge in [-0.3, -0.25) is 4.79 Å². The first kappa shape index (κ1) is 16.9. The second kappa shape index (κ2) is 8.22. The van der Waals surface area contributed by atoms with Crippen molar-refractivity contribution in [1.29, 1.82) is 0 Å². The van der Waals surface area contributed by atoms with Gasteiger partial charge in [-0.25, -0.2) is 14.4 Å². The summed E-state index contributed by atoms with van der Waals surface area (Å²) >= 11 is 0. The molecule has 1 N–H and O–H groups in total. The average Bonchev–Trinajstić information content (AvgIpc) is 2.54. The zero-order valence-corrected chi connectivity index (χ0v) is 13.4. The molecule has 0 aliphatic carbocycles. The van der Waals surface area contributed by atoms with Crippen LogP contribution in [0.5, 0.6) is 0 Å². The SMILES string of the molecule is CCCN(CCC)C(=O)c1cc(Nc2cccc(F)c2)ncn1. The molecule has 1 aromatic carbocycles. The van der Waals surface area contributed by atoms with Crippen molar-refractivity contribution in [2.45, 2.75) is 26.7 Å². The lowest BCUT2D eigenvalue weighted by Crippen LogP contribution is -2.33. The summed E-state index contributed by atoms with van der Waals surface area (Å²) in [6, 6.07) is 7.66. The molecule has 122 valence electrons. The highest BCUT2D eigenvalue weighted by molar-refractivity contribution is 5.93. The lowest BCUT2D eigenvalue weighted by Gasteiger charge is -2.21. The van der Waals surface area contributed by atoms with Crippen LogP contribution in [-0.2, 0) is 0 Å². The Morgan fingerprint density at radius 3 is 2.57 bits per heavy atom. The molecule has 0 radical (unpaired) electrons. The molecule has 0 aliphatic heterocycles. The van der Waals surface area contributed by atoms with E-state index < -0.39 is 0 Å². The number of hydrogen-bond donors (Lipinski definition) is 1. The number of nitrogens with zero attached hydrogens (tertiary/aromatic N) is 3. The second-order valence-electron chi connectivity index (χ2n) is 5.22. The number of aromatic nitrogens is 2. The standard InChI is InChI=1S/C17H21FN4O/c1-3-8-22(9-4-2)17(23)15-11-16(20-12-19-15)21-14-7-5-6-13(18)10-14/h5-7,10-12H,3-4,8-9H2,1-2H3,(H,19,20,21). The molecular weight excluding hydrogens is 295 g/mol. The Bertz CT molecular complexity index is 657. The number of nitrogens with one attached hydrogen (secondary N) is 1. The maximum absolute atomic E-state index is 13.2. The van der Waals surface area contributed by atoms with Crippen LogP contribution in [0.3, 0.4) is 0 Å². The number of anilines is 2. The quantitative estimate of drug-likeness (QED) is 0.847. The summed E-state index contributed by atoms with van der Waals surface area (Å²) in [5.41, 5.74) is 0.905. The molecule has 1 amide bonds. The van der Waals surface area contributed by atoms with Gasteiger partial charge in [0.1, 0.15) is 23.7 Å². The normalized spacial score (nSPS) is 10.4. The Labute approximate surface area is 135 Å². The molecule has 0 unspecified atom stereocenters. The van der Waals surface area contributed by atoms with E-state index in [0.717, 1.165) is 12.8 Å². The van der Waals surface area contributed by atoms with Crippen LogP contribution in [-0.4, -0.2) is 33.9 Å². The van der Waals surface area contributed by atoms with Gasteiger partial charge in [-0.05, 0) is 31.0 Å². The van der Waals surface area contributed by atoms with Crippen LogP contribution in [0.2, 0.25) is 0 Å². The average molecular weight is 316 g/mol. The molecule has 0 atom stereocenters. The summed E-state index contributed by atoms with van der Waals surface area (Å²) in [7, 11) is 0. The summed E-state index contributed by atoms with van der Waals surface area (Å²) in [6.07, 6.45) is 3.13. The van der Waals surface area contributed by atoms with E-state index in [-0.39, 0.29) is 11.7 Å². The van der Waals surface area contributed by atoms with Gasteiger partial charge in [0.25, 0.3) is 5.91 Å². The largest absolute Gasteiger partial charge is 0.340 e. The highest BCUT2D eigenvalue weighted by Gasteiger charge is 2.16. The van der Waals surface area contributed by atoms with Crippen molar-refractivity contribution in [2.75, 3.05) is 18.4 Å². The van der Waals surface area contributed by atoms with E-state index in [1.807, 2.05) is 13.8 Å². The summed E-state index contributed by atoms with van der Waals surface area (Å²) in [6.45, 7) is 5.46. The third kappa shape index (κ3) is 4.74. The molecule has 0 aliphatic rings. The maximum atomic E-state index is 13.2. The van der Waals surface area contributed by atoms with E-state index in [2.05, 4.69) is 15.3 Å². The van der Waals surface area contributed by atoms with Crippen LogP contribution < -0.4 is 5.32 Å². The number of hydrogen-bond acceptors (Lipinski definition) is 4. The number of carbonyl (C=O) groups is 1. The number of carbonyl (C=O) groups excluding carboxylic acids is 1. The summed E-state index contributed by atoms with van der Waals surface area (Å²) < 4.78 is 13.2. The molecule has 2 rings (SSSR count). The fourth-order valence-electron chi connectivity index (χ4n) is 2.27. The van der Waals surface area contributed by atoms with Crippen LogP contribution >= 0.6 is 0 Å². The number of halogens is 1. The summed E-state index contributed by atoms with van der Waals surface area (Å²) in [5.74, 6) is 0.0118. The predicted molar refractivity (Wildman–Crippen MR) is 88.2 cm³/mol. The lowest BCUT2D eigenvalue weighted by atomic mass is 10.2. The van der Waals surface area contributed by atoms with Crippen LogP contribution in [0.1, 0.15) is 37.2 Å². The van der Waals surface area contributed by atoms with Gasteiger partial charge in [0, 0.05) is 24.8 Å². The van der Waals surface area contributed by atoms with Crippen LogP contribution in [0.15, 0.2) is 36.7 Å². The Morgan fingerprint density at radius 1 is 1.17 bits per heavy atom. The first-order valence-corrected chi connectivity index (χ1v) is 7.78. The summed E-state index contributed by atoms with van der Waals surface area (Å²) in [4.78, 5) is 22.5. The van der Waals surface area contributed by atoms with E-state index in [0.29, 0.717) is 30.3 Å². The topological polar surface area (TPSA) is 58.1 Å². The molecule has 0 fully saturated rings. The molecule has 1 aromatic heterocycles. The second-order valence-corrected chi connectivity index (χ2v) is 5.22. The van der Waals surface area contributed by atoms with Crippen LogP contribution in [0.25, 0.3) is 0 Å². The van der Waals surface area contributed by atoms with Crippen molar-refractivity contribution in [1.82, 2.24) is 14.9 Å². The van der Waals surface area contributed by atoms with E-state index in [4.69, 9.17) is 0 Å². The first-order valence-electron chi connectivity index (χ1n) is 7.78. The van der Waals surface area contributed by atoms with Crippen molar-refractivity contribution >= 4 is 17.4 Å². The molecule has 0 spiro atoms. The van der Waals surface area contributed by atoms with Gasteiger partial charge >= 0.3 is 0 Å². The third-order valence-electron chi connectivity index (χ3n) is 3.26. The van der Waals surface area contributed by atoms with E-state index in [9.17, 15) is 9.18 Å². The fourth-order valence-corrected chi connectivity index (χ4v) is 2.27. The van der Waals surface area contributed by atoms with E-state index in [1.54, 1.807) is 23.1 Å². The van der Waals surface area contributed by atoms with Crippen molar-refractivity contribution in [3.63, 3.8) is 0 Å².